The second-order valence-electron chi connectivity index (χ2n) is 7.87. The molecule has 0 aliphatic carbocycles. The average Bonchev–Trinajstić information content (AvgIpc) is 3.15. The van der Waals surface area contributed by atoms with Crippen LogP contribution in [0, 0.1) is 30.3 Å². The molecule has 0 atom stereocenters. The average molecular weight is 550 g/mol. The number of nitrogens with zero attached hydrogens (tertiary/aromatic N) is 4. The van der Waals surface area contributed by atoms with Crippen molar-refractivity contribution in [1.29, 1.82) is 0 Å². The van der Waals surface area contributed by atoms with Crippen LogP contribution in [0.15, 0.2) is 71.6 Å². The molecular formula is C24H14N4O10S. The Bertz CT molecular complexity index is 1570. The van der Waals surface area contributed by atoms with Crippen molar-refractivity contribution in [1.82, 2.24) is 4.90 Å². The predicted molar refractivity (Wildman–Crippen MR) is 136 cm³/mol. The van der Waals surface area contributed by atoms with Gasteiger partial charge in [0.2, 0.25) is 0 Å². The maximum atomic E-state index is 12.9. The Hall–Kier alpha value is -5.44. The maximum absolute atomic E-state index is 12.9. The SMILES string of the molecule is O=C(Oc1cccc(/C=C2\SC(=O)N(Cc3ccccc3[N+](=O)[O-])C2=O)c1)c1cc([N+](=O)[O-])cc([N+](=O)[O-])c1. The number of non-ortho nitro benzene ring substituents is 2. The highest BCUT2D eigenvalue weighted by atomic mass is 32.2. The molecule has 14 nitrogen and oxygen atoms in total. The second-order valence-corrected chi connectivity index (χ2v) is 8.86. The lowest BCUT2D eigenvalue weighted by Gasteiger charge is -2.12. The number of amides is 2. The molecule has 1 heterocycles. The quantitative estimate of drug-likeness (QED) is 0.122. The van der Waals surface area contributed by atoms with Crippen LogP contribution < -0.4 is 4.74 Å². The van der Waals surface area contributed by atoms with Gasteiger partial charge >= 0.3 is 5.97 Å². The zero-order chi connectivity index (χ0) is 28.3. The third-order valence-electron chi connectivity index (χ3n) is 5.32. The van der Waals surface area contributed by atoms with E-state index >= 15 is 0 Å². The third-order valence-corrected chi connectivity index (χ3v) is 6.22. The van der Waals surface area contributed by atoms with Crippen LogP contribution in [0.25, 0.3) is 6.08 Å². The first-order valence-corrected chi connectivity index (χ1v) is 11.6. The Morgan fingerprint density at radius 2 is 1.54 bits per heavy atom. The van der Waals surface area contributed by atoms with E-state index in [0.29, 0.717) is 23.4 Å². The fourth-order valence-electron chi connectivity index (χ4n) is 3.54. The molecule has 0 spiro atoms. The van der Waals surface area contributed by atoms with E-state index in [4.69, 9.17) is 4.74 Å². The topological polar surface area (TPSA) is 193 Å². The van der Waals surface area contributed by atoms with Gasteiger partial charge in [-0.3, -0.25) is 44.8 Å². The van der Waals surface area contributed by atoms with Crippen LogP contribution >= 0.6 is 11.8 Å². The van der Waals surface area contributed by atoms with Gasteiger partial charge in [0.05, 0.1) is 37.8 Å². The standard InChI is InChI=1S/C24H14N4O10S/c29-22-21(39-24(31)25(22)13-15-5-1-2-7-20(15)28(36)37)9-14-4-3-6-19(8-14)38-23(30)16-10-17(26(32)33)12-18(11-16)27(34)35/h1-12H,13H2/b21-9-. The van der Waals surface area contributed by atoms with E-state index in [-0.39, 0.29) is 28.5 Å². The Balaban J connectivity index is 1.54. The fourth-order valence-corrected chi connectivity index (χ4v) is 4.38. The molecular weight excluding hydrogens is 536 g/mol. The van der Waals surface area contributed by atoms with Crippen LogP contribution in [0.4, 0.5) is 21.9 Å². The minimum atomic E-state index is -1.09. The molecule has 196 valence electrons. The molecule has 39 heavy (non-hydrogen) atoms. The number of thioether (sulfide) groups is 1. The Kier molecular flexibility index (Phi) is 7.44. The van der Waals surface area contributed by atoms with Crippen LogP contribution in [0.5, 0.6) is 5.75 Å². The van der Waals surface area contributed by atoms with E-state index in [1.54, 1.807) is 12.1 Å². The molecule has 3 aromatic carbocycles. The van der Waals surface area contributed by atoms with Crippen LogP contribution in [-0.2, 0) is 11.3 Å². The molecule has 0 radical (unpaired) electrons. The van der Waals surface area contributed by atoms with E-state index < -0.39 is 48.8 Å². The summed E-state index contributed by atoms with van der Waals surface area (Å²) >= 11 is 0.629. The van der Waals surface area contributed by atoms with Gasteiger partial charge in [0.1, 0.15) is 5.75 Å². The molecule has 0 saturated carbocycles. The first-order chi connectivity index (χ1) is 18.5. The summed E-state index contributed by atoms with van der Waals surface area (Å²) in [6, 6.07) is 13.9. The smallest absolute Gasteiger partial charge is 0.344 e. The van der Waals surface area contributed by atoms with Crippen molar-refractivity contribution in [2.75, 3.05) is 0 Å². The lowest BCUT2D eigenvalue weighted by Crippen LogP contribution is -2.27. The van der Waals surface area contributed by atoms with Crippen LogP contribution in [0.2, 0.25) is 0 Å². The summed E-state index contributed by atoms with van der Waals surface area (Å²) in [5.41, 5.74) is -1.45. The van der Waals surface area contributed by atoms with Crippen molar-refractivity contribution in [2.45, 2.75) is 6.54 Å². The summed E-state index contributed by atoms with van der Waals surface area (Å²) in [6.07, 6.45) is 1.36. The molecule has 0 aromatic heterocycles. The number of nitro groups is 3. The zero-order valence-electron chi connectivity index (χ0n) is 19.4. The van der Waals surface area contributed by atoms with Crippen molar-refractivity contribution < 1.29 is 33.9 Å². The normalized spacial score (nSPS) is 13.9. The number of hydrogen-bond acceptors (Lipinski definition) is 11. The monoisotopic (exact) mass is 550 g/mol. The van der Waals surface area contributed by atoms with Gasteiger partial charge in [-0.25, -0.2) is 4.79 Å². The van der Waals surface area contributed by atoms with Crippen LogP contribution in [0.3, 0.4) is 0 Å². The fraction of sp³-hybridized carbons (Fsp3) is 0.0417. The van der Waals surface area contributed by atoms with Crippen molar-refractivity contribution in [3.63, 3.8) is 0 Å². The lowest BCUT2D eigenvalue weighted by atomic mass is 10.1. The number of ether oxygens (including phenoxy) is 1. The van der Waals surface area contributed by atoms with Gasteiger partial charge in [-0.2, -0.15) is 0 Å². The number of esters is 1. The highest BCUT2D eigenvalue weighted by Gasteiger charge is 2.36. The number of rotatable bonds is 8. The summed E-state index contributed by atoms with van der Waals surface area (Å²) in [4.78, 5) is 69.9. The highest BCUT2D eigenvalue weighted by Crippen LogP contribution is 2.35. The van der Waals surface area contributed by atoms with Crippen molar-refractivity contribution >= 4 is 52.0 Å². The largest absolute Gasteiger partial charge is 0.423 e. The molecule has 2 amide bonds. The first kappa shape index (κ1) is 26.6. The summed E-state index contributed by atoms with van der Waals surface area (Å²) in [7, 11) is 0. The molecule has 1 aliphatic heterocycles. The van der Waals surface area contributed by atoms with Crippen molar-refractivity contribution in [3.05, 3.63) is 119 Å². The van der Waals surface area contributed by atoms with Gasteiger partial charge in [-0.05, 0) is 35.5 Å². The van der Waals surface area contributed by atoms with Gasteiger partial charge < -0.3 is 4.74 Å². The van der Waals surface area contributed by atoms with Crippen molar-refractivity contribution in [3.8, 4) is 5.75 Å². The molecule has 4 rings (SSSR count). The van der Waals surface area contributed by atoms with E-state index in [9.17, 15) is 44.7 Å². The van der Waals surface area contributed by atoms with Gasteiger partial charge in [0.25, 0.3) is 28.2 Å². The van der Waals surface area contributed by atoms with E-state index in [2.05, 4.69) is 0 Å². The zero-order valence-corrected chi connectivity index (χ0v) is 20.2. The number of imide groups is 1. The van der Waals surface area contributed by atoms with E-state index in [1.807, 2.05) is 0 Å². The first-order valence-electron chi connectivity index (χ1n) is 10.8. The molecule has 3 aromatic rings. The summed E-state index contributed by atoms with van der Waals surface area (Å²) in [5, 5.41) is 32.8. The minimum Gasteiger partial charge on any atom is -0.423 e. The number of carbonyl (C=O) groups excluding carboxylic acids is 3. The van der Waals surface area contributed by atoms with Gasteiger partial charge in [-0.15, -0.1) is 0 Å². The predicted octanol–water partition coefficient (Wildman–Crippen LogP) is 4.87. The molecule has 15 heteroatoms. The molecule has 1 saturated heterocycles. The highest BCUT2D eigenvalue weighted by molar-refractivity contribution is 8.18. The molecule has 1 fully saturated rings. The van der Waals surface area contributed by atoms with Crippen LogP contribution in [0.1, 0.15) is 21.5 Å². The third kappa shape index (κ3) is 5.94. The van der Waals surface area contributed by atoms with Gasteiger partial charge in [0.15, 0.2) is 0 Å². The number of nitro benzene ring substituents is 3. The van der Waals surface area contributed by atoms with Gasteiger partial charge in [-0.1, -0.05) is 30.3 Å². The summed E-state index contributed by atoms with van der Waals surface area (Å²) < 4.78 is 5.21. The second kappa shape index (κ2) is 10.9. The van der Waals surface area contributed by atoms with Gasteiger partial charge in [0, 0.05) is 23.8 Å². The van der Waals surface area contributed by atoms with E-state index in [1.165, 1.54) is 42.5 Å². The maximum Gasteiger partial charge on any atom is 0.344 e. The minimum absolute atomic E-state index is 0.0244. The van der Waals surface area contributed by atoms with Crippen LogP contribution in [-0.4, -0.2) is 36.8 Å². The number of para-hydroxylation sites is 1. The summed E-state index contributed by atoms with van der Waals surface area (Å²) in [5.74, 6) is -1.81. The van der Waals surface area contributed by atoms with E-state index in [0.717, 1.165) is 17.0 Å². The molecule has 0 unspecified atom stereocenters. The van der Waals surface area contributed by atoms with Crippen molar-refractivity contribution in [2.24, 2.45) is 0 Å². The molecule has 1 aliphatic rings. The number of benzene rings is 3. The number of carbonyl (C=O) groups is 3. The Labute approximate surface area is 221 Å². The lowest BCUT2D eigenvalue weighted by molar-refractivity contribution is -0.394. The molecule has 0 bridgehead atoms. The summed E-state index contributed by atoms with van der Waals surface area (Å²) in [6.45, 7) is -0.299. The molecule has 0 N–H and O–H groups in total. The number of hydrogen-bond donors (Lipinski definition) is 0. The Morgan fingerprint density at radius 1 is 0.872 bits per heavy atom. The Morgan fingerprint density at radius 3 is 2.18 bits per heavy atom.